The van der Waals surface area contributed by atoms with Crippen LogP contribution < -0.4 is 10.0 Å². The SMILES string of the molecule is Cc1cnn(CCNS(=O)(=O)CCCNC2CC2)c1. The first-order valence-corrected chi connectivity index (χ1v) is 8.40. The Hall–Kier alpha value is -0.920. The molecule has 1 saturated carbocycles. The fourth-order valence-electron chi connectivity index (χ4n) is 1.83. The first-order valence-electron chi connectivity index (χ1n) is 6.75. The first kappa shape index (κ1) is 14.5. The van der Waals surface area contributed by atoms with Crippen LogP contribution >= 0.6 is 0 Å². The topological polar surface area (TPSA) is 76.0 Å². The molecule has 6 nitrogen and oxygen atoms in total. The van der Waals surface area contributed by atoms with Crippen molar-refractivity contribution in [2.45, 2.75) is 38.8 Å². The van der Waals surface area contributed by atoms with Crippen molar-refractivity contribution in [3.8, 4) is 0 Å². The average Bonchev–Trinajstić information content (AvgIpc) is 3.08. The zero-order valence-corrected chi connectivity index (χ0v) is 12.1. The highest BCUT2D eigenvalue weighted by molar-refractivity contribution is 7.89. The molecule has 0 amide bonds. The fourth-order valence-corrected chi connectivity index (χ4v) is 2.90. The normalized spacial score (nSPS) is 15.8. The van der Waals surface area contributed by atoms with Crippen molar-refractivity contribution in [1.29, 1.82) is 0 Å². The maximum Gasteiger partial charge on any atom is 0.211 e. The quantitative estimate of drug-likeness (QED) is 0.638. The van der Waals surface area contributed by atoms with Gasteiger partial charge in [-0.3, -0.25) is 4.68 Å². The molecule has 0 unspecified atom stereocenters. The first-order chi connectivity index (χ1) is 9.05. The molecule has 2 rings (SSSR count). The summed E-state index contributed by atoms with van der Waals surface area (Å²) in [6.07, 6.45) is 6.78. The van der Waals surface area contributed by atoms with Gasteiger partial charge in [0.2, 0.25) is 10.0 Å². The Bertz CT molecular complexity index is 494. The summed E-state index contributed by atoms with van der Waals surface area (Å²) >= 11 is 0. The molecule has 1 aliphatic carbocycles. The Kier molecular flexibility index (Phi) is 4.95. The van der Waals surface area contributed by atoms with Crippen LogP contribution in [0.1, 0.15) is 24.8 Å². The van der Waals surface area contributed by atoms with Crippen molar-refractivity contribution in [2.24, 2.45) is 0 Å². The molecule has 19 heavy (non-hydrogen) atoms. The molecule has 1 fully saturated rings. The molecule has 1 aromatic rings. The van der Waals surface area contributed by atoms with Crippen molar-refractivity contribution >= 4 is 10.0 Å². The predicted molar refractivity (Wildman–Crippen MR) is 74.4 cm³/mol. The minimum atomic E-state index is -3.15. The van der Waals surface area contributed by atoms with Crippen LogP contribution in [-0.2, 0) is 16.6 Å². The third-order valence-corrected chi connectivity index (χ3v) is 4.50. The second-order valence-corrected chi connectivity index (χ2v) is 7.00. The van der Waals surface area contributed by atoms with Crippen LogP contribution in [0, 0.1) is 6.92 Å². The Balaban J connectivity index is 1.59. The Morgan fingerprint density at radius 3 is 2.84 bits per heavy atom. The summed E-state index contributed by atoms with van der Waals surface area (Å²) in [7, 11) is -3.15. The highest BCUT2D eigenvalue weighted by atomic mass is 32.2. The van der Waals surface area contributed by atoms with Gasteiger partial charge in [0, 0.05) is 18.8 Å². The standard InChI is InChI=1S/C12H22N4O2S/c1-11-9-14-16(10-11)7-6-15-19(17,18)8-2-5-13-12-3-4-12/h9-10,12-13,15H,2-8H2,1H3. The van der Waals surface area contributed by atoms with Gasteiger partial charge in [0.15, 0.2) is 0 Å². The lowest BCUT2D eigenvalue weighted by Crippen LogP contribution is -2.31. The van der Waals surface area contributed by atoms with Crippen LogP contribution in [0.4, 0.5) is 0 Å². The van der Waals surface area contributed by atoms with E-state index in [1.807, 2.05) is 13.1 Å². The Morgan fingerprint density at radius 2 is 2.21 bits per heavy atom. The van der Waals surface area contributed by atoms with Gasteiger partial charge in [-0.25, -0.2) is 13.1 Å². The predicted octanol–water partition coefficient (Wildman–Crippen LogP) is 0.253. The Morgan fingerprint density at radius 1 is 1.42 bits per heavy atom. The number of aryl methyl sites for hydroxylation is 1. The maximum atomic E-state index is 11.7. The van der Waals surface area contributed by atoms with Crippen LogP contribution in [0.2, 0.25) is 0 Å². The summed E-state index contributed by atoms with van der Waals surface area (Å²) in [6, 6.07) is 0.638. The molecular formula is C12H22N4O2S. The molecule has 0 atom stereocenters. The highest BCUT2D eigenvalue weighted by Crippen LogP contribution is 2.18. The summed E-state index contributed by atoms with van der Waals surface area (Å²) in [5.41, 5.74) is 1.08. The number of nitrogens with zero attached hydrogens (tertiary/aromatic N) is 2. The zero-order chi connectivity index (χ0) is 13.7. The van der Waals surface area contributed by atoms with Crippen molar-refractivity contribution in [3.05, 3.63) is 18.0 Å². The van der Waals surface area contributed by atoms with E-state index in [4.69, 9.17) is 0 Å². The van der Waals surface area contributed by atoms with Crippen LogP contribution in [0.5, 0.6) is 0 Å². The lowest BCUT2D eigenvalue weighted by Gasteiger charge is -2.07. The summed E-state index contributed by atoms with van der Waals surface area (Å²) in [5.74, 6) is 0.185. The molecule has 2 N–H and O–H groups in total. The highest BCUT2D eigenvalue weighted by Gasteiger charge is 2.20. The van der Waals surface area contributed by atoms with Gasteiger partial charge in [-0.1, -0.05) is 0 Å². The molecule has 1 aromatic heterocycles. The van der Waals surface area contributed by atoms with Gasteiger partial charge in [-0.15, -0.1) is 0 Å². The van der Waals surface area contributed by atoms with E-state index < -0.39 is 10.0 Å². The number of nitrogens with one attached hydrogen (secondary N) is 2. The number of rotatable bonds is 9. The second kappa shape index (κ2) is 6.49. The van der Waals surface area contributed by atoms with Gasteiger partial charge in [-0.05, 0) is 38.3 Å². The number of hydrogen-bond acceptors (Lipinski definition) is 4. The lowest BCUT2D eigenvalue weighted by atomic mass is 10.4. The summed E-state index contributed by atoms with van der Waals surface area (Å²) in [4.78, 5) is 0. The van der Waals surface area contributed by atoms with Gasteiger partial charge >= 0.3 is 0 Å². The van der Waals surface area contributed by atoms with Gasteiger partial charge in [-0.2, -0.15) is 5.10 Å². The molecule has 0 bridgehead atoms. The number of sulfonamides is 1. The van der Waals surface area contributed by atoms with E-state index in [-0.39, 0.29) is 5.75 Å². The minimum Gasteiger partial charge on any atom is -0.314 e. The molecule has 0 aliphatic heterocycles. The molecule has 0 spiro atoms. The van der Waals surface area contributed by atoms with Gasteiger partial charge in [0.05, 0.1) is 18.5 Å². The van der Waals surface area contributed by atoms with Crippen LogP contribution in [0.3, 0.4) is 0 Å². The smallest absolute Gasteiger partial charge is 0.211 e. The minimum absolute atomic E-state index is 0.185. The van der Waals surface area contributed by atoms with Crippen molar-refractivity contribution in [3.63, 3.8) is 0 Å². The van der Waals surface area contributed by atoms with E-state index in [9.17, 15) is 8.42 Å². The van der Waals surface area contributed by atoms with E-state index in [1.165, 1.54) is 12.8 Å². The Labute approximate surface area is 114 Å². The lowest BCUT2D eigenvalue weighted by molar-refractivity contribution is 0.556. The van der Waals surface area contributed by atoms with Crippen LogP contribution in [0.15, 0.2) is 12.4 Å². The van der Waals surface area contributed by atoms with Gasteiger partial charge < -0.3 is 5.32 Å². The number of hydrogen-bond donors (Lipinski definition) is 2. The monoisotopic (exact) mass is 286 g/mol. The molecule has 0 saturated heterocycles. The molecule has 1 aliphatic rings. The summed E-state index contributed by atoms with van der Waals surface area (Å²) < 4.78 is 27.8. The van der Waals surface area contributed by atoms with E-state index in [0.717, 1.165) is 12.1 Å². The van der Waals surface area contributed by atoms with E-state index >= 15 is 0 Å². The van der Waals surface area contributed by atoms with Gasteiger partial charge in [0.25, 0.3) is 0 Å². The molecule has 0 radical (unpaired) electrons. The number of aromatic nitrogens is 2. The average molecular weight is 286 g/mol. The fraction of sp³-hybridized carbons (Fsp3) is 0.750. The van der Waals surface area contributed by atoms with Crippen LogP contribution in [0.25, 0.3) is 0 Å². The molecule has 1 heterocycles. The summed E-state index contributed by atoms with van der Waals surface area (Å²) in [5, 5.41) is 7.42. The molecule has 108 valence electrons. The van der Waals surface area contributed by atoms with Crippen molar-refractivity contribution in [2.75, 3.05) is 18.8 Å². The van der Waals surface area contributed by atoms with Crippen molar-refractivity contribution < 1.29 is 8.42 Å². The largest absolute Gasteiger partial charge is 0.314 e. The van der Waals surface area contributed by atoms with E-state index in [2.05, 4.69) is 15.1 Å². The zero-order valence-electron chi connectivity index (χ0n) is 11.3. The van der Waals surface area contributed by atoms with Gasteiger partial charge in [0.1, 0.15) is 0 Å². The third kappa shape index (κ3) is 5.71. The molecule has 7 heteroatoms. The van der Waals surface area contributed by atoms with E-state index in [0.29, 0.717) is 25.6 Å². The maximum absolute atomic E-state index is 11.7. The van der Waals surface area contributed by atoms with E-state index in [1.54, 1.807) is 10.9 Å². The second-order valence-electron chi connectivity index (χ2n) is 5.08. The van der Waals surface area contributed by atoms with Crippen molar-refractivity contribution in [1.82, 2.24) is 19.8 Å². The molecular weight excluding hydrogens is 264 g/mol. The van der Waals surface area contributed by atoms with Crippen LogP contribution in [-0.4, -0.2) is 43.1 Å². The summed E-state index contributed by atoms with van der Waals surface area (Å²) in [6.45, 7) is 3.69. The third-order valence-electron chi connectivity index (χ3n) is 3.03. The molecule has 0 aromatic carbocycles.